The Morgan fingerprint density at radius 2 is 2.00 bits per heavy atom. The lowest BCUT2D eigenvalue weighted by Crippen LogP contribution is -2.10. The second kappa shape index (κ2) is 9.58. The molecule has 0 bridgehead atoms. The average molecular weight is 172 g/mol. The fraction of sp³-hybridized carbons (Fsp3) is 0.250. The Kier molecular flexibility index (Phi) is 10.5. The van der Waals surface area contributed by atoms with Crippen LogP contribution in [0.15, 0.2) is 25.3 Å². The van der Waals surface area contributed by atoms with Gasteiger partial charge in [-0.1, -0.05) is 13.2 Å². The van der Waals surface area contributed by atoms with Crippen LogP contribution >= 0.6 is 0 Å². The van der Waals surface area contributed by atoms with Gasteiger partial charge >= 0.3 is 5.97 Å². The highest BCUT2D eigenvalue weighted by Gasteiger charge is 1.97. The second-order valence-corrected chi connectivity index (χ2v) is 1.61. The summed E-state index contributed by atoms with van der Waals surface area (Å²) in [6, 6.07) is 0. The number of aldehydes is 1. The van der Waals surface area contributed by atoms with E-state index in [4.69, 9.17) is 9.90 Å². The molecule has 0 spiro atoms. The van der Waals surface area contributed by atoms with Gasteiger partial charge in [0.15, 0.2) is 6.29 Å². The van der Waals surface area contributed by atoms with Crippen LogP contribution < -0.4 is 0 Å². The van der Waals surface area contributed by atoms with Gasteiger partial charge in [0.25, 0.3) is 0 Å². The molecule has 1 unspecified atom stereocenters. The molecule has 0 rings (SSSR count). The molecule has 0 aliphatic rings. The van der Waals surface area contributed by atoms with Gasteiger partial charge in [-0.25, -0.2) is 4.79 Å². The van der Waals surface area contributed by atoms with Crippen LogP contribution in [0.3, 0.4) is 0 Å². The van der Waals surface area contributed by atoms with Crippen LogP contribution in [0.1, 0.15) is 6.92 Å². The molecule has 1 atom stereocenters. The highest BCUT2D eigenvalue weighted by molar-refractivity contribution is 5.81. The molecule has 1 N–H and O–H groups in total. The largest absolute Gasteiger partial charge is 0.433 e. The Morgan fingerprint density at radius 1 is 1.58 bits per heavy atom. The van der Waals surface area contributed by atoms with E-state index in [1.165, 1.54) is 13.0 Å². The first kappa shape index (κ1) is 13.2. The highest BCUT2D eigenvalue weighted by atomic mass is 16.6. The quantitative estimate of drug-likeness (QED) is 0.290. The van der Waals surface area contributed by atoms with Crippen LogP contribution in [0.2, 0.25) is 0 Å². The molecule has 0 aromatic heterocycles. The van der Waals surface area contributed by atoms with E-state index in [9.17, 15) is 4.79 Å². The molecule has 0 saturated heterocycles. The zero-order valence-electron chi connectivity index (χ0n) is 6.90. The normalized spacial score (nSPS) is 9.83. The SMILES string of the molecule is C=CC(=O)OC(C)O.C=CC=O. The average Bonchev–Trinajstić information content (AvgIpc) is 2.04. The Morgan fingerprint density at radius 3 is 2.08 bits per heavy atom. The minimum Gasteiger partial charge on any atom is -0.433 e. The predicted molar refractivity (Wildman–Crippen MR) is 44.2 cm³/mol. The summed E-state index contributed by atoms with van der Waals surface area (Å²) in [4.78, 5) is 19.2. The molecular formula is C8H12O4. The predicted octanol–water partition coefficient (Wildman–Crippen LogP) is 0.425. The number of esters is 1. The first-order chi connectivity index (χ1) is 5.58. The van der Waals surface area contributed by atoms with E-state index in [0.717, 1.165) is 6.08 Å². The van der Waals surface area contributed by atoms with Crippen LogP contribution in [0.25, 0.3) is 0 Å². The van der Waals surface area contributed by atoms with Gasteiger partial charge < -0.3 is 9.84 Å². The number of allylic oxidation sites excluding steroid dienone is 1. The van der Waals surface area contributed by atoms with Crippen molar-refractivity contribution < 1.29 is 19.4 Å². The number of carbonyl (C=O) groups excluding carboxylic acids is 2. The highest BCUT2D eigenvalue weighted by Crippen LogP contribution is 1.84. The summed E-state index contributed by atoms with van der Waals surface area (Å²) in [5.74, 6) is -0.611. The van der Waals surface area contributed by atoms with Crippen LogP contribution in [-0.2, 0) is 14.3 Å². The van der Waals surface area contributed by atoms with E-state index in [1.54, 1.807) is 0 Å². The van der Waals surface area contributed by atoms with Crippen molar-refractivity contribution >= 4 is 12.3 Å². The molecule has 0 radical (unpaired) electrons. The van der Waals surface area contributed by atoms with Gasteiger partial charge in [-0.15, -0.1) is 0 Å². The van der Waals surface area contributed by atoms with E-state index in [-0.39, 0.29) is 0 Å². The minimum atomic E-state index is -1.04. The number of hydrogen-bond donors (Lipinski definition) is 1. The zero-order valence-corrected chi connectivity index (χ0v) is 6.90. The molecule has 4 nitrogen and oxygen atoms in total. The van der Waals surface area contributed by atoms with Crippen molar-refractivity contribution in [2.24, 2.45) is 0 Å². The summed E-state index contributed by atoms with van der Waals surface area (Å²) in [5.41, 5.74) is 0. The molecule has 0 fully saturated rings. The van der Waals surface area contributed by atoms with Crippen molar-refractivity contribution in [1.82, 2.24) is 0 Å². The summed E-state index contributed by atoms with van der Waals surface area (Å²) >= 11 is 0. The molecule has 0 aliphatic heterocycles. The number of carbonyl (C=O) groups is 2. The first-order valence-corrected chi connectivity index (χ1v) is 3.15. The molecule has 68 valence electrons. The van der Waals surface area contributed by atoms with Crippen molar-refractivity contribution in [3.63, 3.8) is 0 Å². The lowest BCUT2D eigenvalue weighted by atomic mass is 10.6. The van der Waals surface area contributed by atoms with Crippen LogP contribution in [0, 0.1) is 0 Å². The smallest absolute Gasteiger partial charge is 0.332 e. The van der Waals surface area contributed by atoms with Crippen molar-refractivity contribution in [3.8, 4) is 0 Å². The standard InChI is InChI=1S/C5H8O3.C3H4O/c1-3-5(7)8-4(2)6;1-2-3-4/h3-4,6H,1H2,2H3;2-3H,1H2. The number of aliphatic hydroxyl groups excluding tert-OH is 1. The summed E-state index contributed by atoms with van der Waals surface area (Å²) in [6.45, 7) is 7.59. The first-order valence-electron chi connectivity index (χ1n) is 3.15. The minimum absolute atomic E-state index is 0.611. The summed E-state index contributed by atoms with van der Waals surface area (Å²) in [7, 11) is 0. The molecule has 0 aromatic rings. The Balaban J connectivity index is 0. The Bertz CT molecular complexity index is 154. The van der Waals surface area contributed by atoms with Gasteiger partial charge in [0.1, 0.15) is 6.29 Å². The fourth-order valence-corrected chi connectivity index (χ4v) is 0.216. The summed E-state index contributed by atoms with van der Waals surface area (Å²) < 4.78 is 4.20. The van der Waals surface area contributed by atoms with E-state index in [2.05, 4.69) is 17.9 Å². The van der Waals surface area contributed by atoms with Gasteiger partial charge in [0.05, 0.1) is 0 Å². The molecule has 0 aromatic carbocycles. The van der Waals surface area contributed by atoms with Crippen LogP contribution in [0.4, 0.5) is 0 Å². The topological polar surface area (TPSA) is 63.6 Å². The number of ether oxygens (including phenoxy) is 1. The van der Waals surface area contributed by atoms with Crippen LogP contribution in [0.5, 0.6) is 0 Å². The maximum Gasteiger partial charge on any atom is 0.332 e. The Hall–Kier alpha value is -1.42. The monoisotopic (exact) mass is 172 g/mol. The molecule has 0 aliphatic carbocycles. The number of aliphatic hydroxyl groups is 1. The maximum absolute atomic E-state index is 10.1. The molecule has 0 amide bonds. The number of rotatable bonds is 3. The zero-order chi connectivity index (χ0) is 9.98. The lowest BCUT2D eigenvalue weighted by molar-refractivity contribution is -0.158. The summed E-state index contributed by atoms with van der Waals surface area (Å²) in [6.07, 6.45) is 1.78. The van der Waals surface area contributed by atoms with Crippen molar-refractivity contribution in [1.29, 1.82) is 0 Å². The number of hydrogen-bond acceptors (Lipinski definition) is 4. The van der Waals surface area contributed by atoms with Gasteiger partial charge in [-0.2, -0.15) is 0 Å². The van der Waals surface area contributed by atoms with Gasteiger partial charge in [0.2, 0.25) is 0 Å². The van der Waals surface area contributed by atoms with Crippen LogP contribution in [-0.4, -0.2) is 23.7 Å². The molecule has 0 saturated carbocycles. The van der Waals surface area contributed by atoms with Gasteiger partial charge in [-0.3, -0.25) is 4.79 Å². The molecular weight excluding hydrogens is 160 g/mol. The second-order valence-electron chi connectivity index (χ2n) is 1.61. The van der Waals surface area contributed by atoms with Crippen molar-refractivity contribution in [2.45, 2.75) is 13.2 Å². The molecule has 12 heavy (non-hydrogen) atoms. The fourth-order valence-electron chi connectivity index (χ4n) is 0.216. The third-order valence-electron chi connectivity index (χ3n) is 0.550. The van der Waals surface area contributed by atoms with Crippen molar-refractivity contribution in [2.75, 3.05) is 0 Å². The Labute approximate surface area is 71.2 Å². The van der Waals surface area contributed by atoms with Crippen molar-refractivity contribution in [3.05, 3.63) is 25.3 Å². The van der Waals surface area contributed by atoms with Gasteiger partial charge in [0, 0.05) is 6.08 Å². The van der Waals surface area contributed by atoms with E-state index in [1.807, 2.05) is 0 Å². The third-order valence-corrected chi connectivity index (χ3v) is 0.550. The molecule has 0 heterocycles. The third kappa shape index (κ3) is 15.8. The van der Waals surface area contributed by atoms with Gasteiger partial charge in [-0.05, 0) is 13.0 Å². The molecule has 4 heteroatoms. The van der Waals surface area contributed by atoms with E-state index in [0.29, 0.717) is 6.29 Å². The maximum atomic E-state index is 10.1. The lowest BCUT2D eigenvalue weighted by Gasteiger charge is -2.01. The van der Waals surface area contributed by atoms with E-state index >= 15 is 0 Å². The summed E-state index contributed by atoms with van der Waals surface area (Å²) in [5, 5.41) is 8.36. The van der Waals surface area contributed by atoms with E-state index < -0.39 is 12.3 Å².